The van der Waals surface area contributed by atoms with E-state index in [1.165, 1.54) is 14.2 Å². The standard InChI is InChI=1S/C8H12F3NO3/c1-14-5-3-12(4-6(5)15-2)7(13)8(9,10)11/h5-6H,3-4H2,1-2H3. The molecule has 7 heteroatoms. The third-order valence-electron chi connectivity index (χ3n) is 2.35. The summed E-state index contributed by atoms with van der Waals surface area (Å²) in [6, 6.07) is 0. The lowest BCUT2D eigenvalue weighted by Gasteiger charge is -2.17. The van der Waals surface area contributed by atoms with Crippen LogP contribution < -0.4 is 0 Å². The highest BCUT2D eigenvalue weighted by Gasteiger charge is 2.47. The summed E-state index contributed by atoms with van der Waals surface area (Å²) < 4.78 is 46.1. The molecule has 0 aromatic carbocycles. The lowest BCUT2D eigenvalue weighted by molar-refractivity contribution is -0.184. The van der Waals surface area contributed by atoms with Gasteiger partial charge in [0.15, 0.2) is 0 Å². The minimum atomic E-state index is -4.83. The molecule has 1 amide bonds. The van der Waals surface area contributed by atoms with Crippen LogP contribution >= 0.6 is 0 Å². The van der Waals surface area contributed by atoms with Crippen LogP contribution in [0.4, 0.5) is 13.2 Å². The van der Waals surface area contributed by atoms with Crippen LogP contribution in [0.25, 0.3) is 0 Å². The maximum atomic E-state index is 12.1. The number of hydrogen-bond acceptors (Lipinski definition) is 3. The van der Waals surface area contributed by atoms with Gasteiger partial charge in [0, 0.05) is 27.3 Å². The van der Waals surface area contributed by atoms with Crippen molar-refractivity contribution in [2.45, 2.75) is 18.4 Å². The predicted octanol–water partition coefficient (Wildman–Crippen LogP) is 0.421. The van der Waals surface area contributed by atoms with E-state index in [9.17, 15) is 18.0 Å². The van der Waals surface area contributed by atoms with Gasteiger partial charge in [-0.3, -0.25) is 4.79 Å². The monoisotopic (exact) mass is 227 g/mol. The van der Waals surface area contributed by atoms with E-state index in [1.54, 1.807) is 0 Å². The van der Waals surface area contributed by atoms with Crippen molar-refractivity contribution < 1.29 is 27.4 Å². The van der Waals surface area contributed by atoms with Crippen molar-refractivity contribution in [1.29, 1.82) is 0 Å². The van der Waals surface area contributed by atoms with Crippen molar-refractivity contribution in [3.8, 4) is 0 Å². The molecule has 0 aromatic heterocycles. The molecule has 0 aliphatic carbocycles. The maximum Gasteiger partial charge on any atom is 0.471 e. The first-order valence-corrected chi connectivity index (χ1v) is 4.31. The summed E-state index contributed by atoms with van der Waals surface area (Å²) in [5.74, 6) is -1.84. The van der Waals surface area contributed by atoms with Crippen LogP contribution in [0.3, 0.4) is 0 Å². The van der Waals surface area contributed by atoms with E-state index in [1.807, 2.05) is 0 Å². The molecule has 1 heterocycles. The summed E-state index contributed by atoms with van der Waals surface area (Å²) in [7, 11) is 2.75. The van der Waals surface area contributed by atoms with Gasteiger partial charge < -0.3 is 14.4 Å². The molecule has 0 spiro atoms. The van der Waals surface area contributed by atoms with Crippen LogP contribution in [-0.2, 0) is 14.3 Å². The Bertz CT molecular complexity index is 232. The molecular weight excluding hydrogens is 215 g/mol. The first-order valence-electron chi connectivity index (χ1n) is 4.31. The Labute approximate surface area is 84.9 Å². The van der Waals surface area contributed by atoms with Crippen molar-refractivity contribution >= 4 is 5.91 Å². The van der Waals surface area contributed by atoms with Crippen molar-refractivity contribution in [3.63, 3.8) is 0 Å². The highest BCUT2D eigenvalue weighted by atomic mass is 19.4. The molecule has 2 atom stereocenters. The van der Waals surface area contributed by atoms with Gasteiger partial charge in [0.05, 0.1) is 0 Å². The SMILES string of the molecule is COC1CN(C(=O)C(F)(F)F)CC1OC. The van der Waals surface area contributed by atoms with E-state index in [0.29, 0.717) is 4.90 Å². The van der Waals surface area contributed by atoms with Crippen LogP contribution in [0.2, 0.25) is 0 Å². The summed E-state index contributed by atoms with van der Waals surface area (Å²) >= 11 is 0. The van der Waals surface area contributed by atoms with E-state index in [0.717, 1.165) is 0 Å². The molecular formula is C8H12F3NO3. The van der Waals surface area contributed by atoms with Crippen LogP contribution in [0, 0.1) is 0 Å². The molecule has 88 valence electrons. The van der Waals surface area contributed by atoms with Crippen LogP contribution in [0.5, 0.6) is 0 Å². The molecule has 0 aromatic rings. The van der Waals surface area contributed by atoms with Crippen LogP contribution in [0.15, 0.2) is 0 Å². The van der Waals surface area contributed by atoms with Crippen LogP contribution in [0.1, 0.15) is 0 Å². The molecule has 1 saturated heterocycles. The van der Waals surface area contributed by atoms with E-state index in [2.05, 4.69) is 0 Å². The minimum Gasteiger partial charge on any atom is -0.377 e. The fourth-order valence-electron chi connectivity index (χ4n) is 1.54. The molecule has 1 aliphatic rings. The zero-order chi connectivity index (χ0) is 11.6. The van der Waals surface area contributed by atoms with E-state index >= 15 is 0 Å². The summed E-state index contributed by atoms with van der Waals surface area (Å²) in [4.78, 5) is 11.6. The van der Waals surface area contributed by atoms with Crippen molar-refractivity contribution in [3.05, 3.63) is 0 Å². The second-order valence-corrected chi connectivity index (χ2v) is 3.26. The van der Waals surface area contributed by atoms with Gasteiger partial charge in [0.1, 0.15) is 12.2 Å². The zero-order valence-corrected chi connectivity index (χ0v) is 8.37. The second kappa shape index (κ2) is 4.36. The van der Waals surface area contributed by atoms with Gasteiger partial charge in [-0.25, -0.2) is 0 Å². The molecule has 0 radical (unpaired) electrons. The van der Waals surface area contributed by atoms with E-state index in [-0.39, 0.29) is 13.1 Å². The molecule has 0 saturated carbocycles. The van der Waals surface area contributed by atoms with Gasteiger partial charge >= 0.3 is 12.1 Å². The lowest BCUT2D eigenvalue weighted by atomic mass is 10.3. The van der Waals surface area contributed by atoms with Crippen molar-refractivity contribution in [2.75, 3.05) is 27.3 Å². The summed E-state index contributed by atoms with van der Waals surface area (Å²) in [5.41, 5.74) is 0. The zero-order valence-electron chi connectivity index (χ0n) is 8.37. The smallest absolute Gasteiger partial charge is 0.377 e. The Morgan fingerprint density at radius 3 is 1.87 bits per heavy atom. The van der Waals surface area contributed by atoms with Gasteiger partial charge in [-0.1, -0.05) is 0 Å². The summed E-state index contributed by atoms with van der Waals surface area (Å²) in [6.45, 7) is -0.180. The van der Waals surface area contributed by atoms with Gasteiger partial charge in [0.2, 0.25) is 0 Å². The lowest BCUT2D eigenvalue weighted by Crippen LogP contribution is -2.40. The molecule has 0 N–H and O–H groups in total. The fraction of sp³-hybridized carbons (Fsp3) is 0.875. The Morgan fingerprint density at radius 1 is 1.20 bits per heavy atom. The third kappa shape index (κ3) is 2.60. The number of likely N-dealkylation sites (tertiary alicyclic amines) is 1. The Morgan fingerprint density at radius 2 is 1.60 bits per heavy atom. The Hall–Kier alpha value is -0.820. The number of methoxy groups -OCH3 is 2. The number of nitrogens with zero attached hydrogens (tertiary/aromatic N) is 1. The average Bonchev–Trinajstić information content (AvgIpc) is 2.57. The number of rotatable bonds is 2. The molecule has 1 rings (SSSR count). The van der Waals surface area contributed by atoms with Gasteiger partial charge in [-0.15, -0.1) is 0 Å². The molecule has 1 fully saturated rings. The number of amides is 1. The Balaban J connectivity index is 2.65. The van der Waals surface area contributed by atoms with E-state index in [4.69, 9.17) is 9.47 Å². The number of hydrogen-bond donors (Lipinski definition) is 0. The Kier molecular flexibility index (Phi) is 3.56. The number of carbonyl (C=O) groups is 1. The number of ether oxygens (including phenoxy) is 2. The average molecular weight is 227 g/mol. The second-order valence-electron chi connectivity index (χ2n) is 3.26. The topological polar surface area (TPSA) is 38.8 Å². The summed E-state index contributed by atoms with van der Waals surface area (Å²) in [6.07, 6.45) is -5.83. The molecule has 15 heavy (non-hydrogen) atoms. The first kappa shape index (κ1) is 12.3. The normalized spacial score (nSPS) is 27.1. The first-order chi connectivity index (χ1) is 6.90. The largest absolute Gasteiger partial charge is 0.471 e. The summed E-state index contributed by atoms with van der Waals surface area (Å²) in [5, 5.41) is 0. The molecule has 1 aliphatic heterocycles. The highest BCUT2D eigenvalue weighted by Crippen LogP contribution is 2.23. The van der Waals surface area contributed by atoms with Crippen LogP contribution in [-0.4, -0.2) is 56.5 Å². The minimum absolute atomic E-state index is 0.0899. The van der Waals surface area contributed by atoms with Crippen molar-refractivity contribution in [1.82, 2.24) is 4.90 Å². The van der Waals surface area contributed by atoms with E-state index < -0.39 is 24.3 Å². The van der Waals surface area contributed by atoms with Gasteiger partial charge in [-0.2, -0.15) is 13.2 Å². The number of carbonyl (C=O) groups excluding carboxylic acids is 1. The quantitative estimate of drug-likeness (QED) is 0.686. The van der Waals surface area contributed by atoms with Crippen molar-refractivity contribution in [2.24, 2.45) is 0 Å². The highest BCUT2D eigenvalue weighted by molar-refractivity contribution is 5.82. The number of alkyl halides is 3. The van der Waals surface area contributed by atoms with Gasteiger partial charge in [-0.05, 0) is 0 Å². The molecule has 0 bridgehead atoms. The maximum absolute atomic E-state index is 12.1. The predicted molar refractivity (Wildman–Crippen MR) is 44.2 cm³/mol. The molecule has 2 unspecified atom stereocenters. The number of halogens is 3. The fourth-order valence-corrected chi connectivity index (χ4v) is 1.54. The molecule has 4 nitrogen and oxygen atoms in total. The van der Waals surface area contributed by atoms with Gasteiger partial charge in [0.25, 0.3) is 0 Å². The third-order valence-corrected chi connectivity index (χ3v) is 2.35.